The molecule has 2 aromatic carbocycles. The van der Waals surface area contributed by atoms with E-state index in [1.807, 2.05) is 19.9 Å². The molecule has 2 aromatic rings. The van der Waals surface area contributed by atoms with Crippen LogP contribution in [0.25, 0.3) is 0 Å². The SMILES string of the molecule is Cc1ccc(NC2CC(c3cccc(Br)c3)C2)c(C)c1O. The molecule has 0 atom stereocenters. The summed E-state index contributed by atoms with van der Waals surface area (Å²) in [5, 5.41) is 13.6. The second-order valence-electron chi connectivity index (χ2n) is 5.97. The van der Waals surface area contributed by atoms with Crippen LogP contribution in [0.2, 0.25) is 0 Å². The molecule has 21 heavy (non-hydrogen) atoms. The fraction of sp³-hybridized carbons (Fsp3) is 0.333. The minimum Gasteiger partial charge on any atom is -0.507 e. The van der Waals surface area contributed by atoms with E-state index >= 15 is 0 Å². The fourth-order valence-corrected chi connectivity index (χ4v) is 3.40. The molecule has 0 saturated heterocycles. The number of hydrogen-bond donors (Lipinski definition) is 2. The predicted molar refractivity (Wildman–Crippen MR) is 91.1 cm³/mol. The molecule has 1 aliphatic carbocycles. The lowest BCUT2D eigenvalue weighted by Gasteiger charge is -2.37. The normalized spacial score (nSPS) is 20.9. The van der Waals surface area contributed by atoms with Crippen molar-refractivity contribution in [2.24, 2.45) is 0 Å². The maximum absolute atomic E-state index is 10.0. The summed E-state index contributed by atoms with van der Waals surface area (Å²) in [5.41, 5.74) is 4.33. The highest BCUT2D eigenvalue weighted by Crippen LogP contribution is 2.40. The molecule has 0 amide bonds. The van der Waals surface area contributed by atoms with Gasteiger partial charge in [0.1, 0.15) is 5.75 Å². The molecule has 0 heterocycles. The fourth-order valence-electron chi connectivity index (χ4n) is 2.98. The van der Waals surface area contributed by atoms with Crippen molar-refractivity contribution >= 4 is 21.6 Å². The number of anilines is 1. The second-order valence-corrected chi connectivity index (χ2v) is 6.88. The maximum atomic E-state index is 10.0. The Labute approximate surface area is 134 Å². The third-order valence-electron chi connectivity index (χ3n) is 4.45. The molecule has 1 fully saturated rings. The Bertz CT molecular complexity index is 662. The second kappa shape index (κ2) is 5.72. The zero-order valence-electron chi connectivity index (χ0n) is 12.4. The first kappa shape index (κ1) is 14.5. The molecule has 0 radical (unpaired) electrons. The predicted octanol–water partition coefficient (Wildman–Crippen LogP) is 5.13. The molecule has 110 valence electrons. The van der Waals surface area contributed by atoms with E-state index in [0.29, 0.717) is 17.7 Å². The van der Waals surface area contributed by atoms with Gasteiger partial charge in [-0.15, -0.1) is 0 Å². The largest absolute Gasteiger partial charge is 0.507 e. The van der Waals surface area contributed by atoms with E-state index in [2.05, 4.69) is 51.6 Å². The number of halogens is 1. The molecule has 0 bridgehead atoms. The summed E-state index contributed by atoms with van der Waals surface area (Å²) >= 11 is 3.53. The Morgan fingerprint density at radius 2 is 1.90 bits per heavy atom. The average Bonchev–Trinajstić information content (AvgIpc) is 2.42. The number of benzene rings is 2. The van der Waals surface area contributed by atoms with Crippen molar-refractivity contribution in [2.75, 3.05) is 5.32 Å². The first-order chi connectivity index (χ1) is 10.0. The third kappa shape index (κ3) is 2.93. The van der Waals surface area contributed by atoms with Crippen LogP contribution in [0.4, 0.5) is 5.69 Å². The topological polar surface area (TPSA) is 32.3 Å². The van der Waals surface area contributed by atoms with E-state index in [-0.39, 0.29) is 0 Å². The van der Waals surface area contributed by atoms with E-state index < -0.39 is 0 Å². The zero-order chi connectivity index (χ0) is 15.0. The van der Waals surface area contributed by atoms with Crippen LogP contribution in [-0.4, -0.2) is 11.1 Å². The van der Waals surface area contributed by atoms with Crippen molar-refractivity contribution in [3.05, 3.63) is 57.6 Å². The van der Waals surface area contributed by atoms with Gasteiger partial charge in [-0.3, -0.25) is 0 Å². The van der Waals surface area contributed by atoms with Gasteiger partial charge in [-0.1, -0.05) is 34.1 Å². The minimum atomic E-state index is 0.405. The highest BCUT2D eigenvalue weighted by Gasteiger charge is 2.30. The maximum Gasteiger partial charge on any atom is 0.123 e. The first-order valence-corrected chi connectivity index (χ1v) is 8.15. The van der Waals surface area contributed by atoms with Gasteiger partial charge in [-0.2, -0.15) is 0 Å². The lowest BCUT2D eigenvalue weighted by molar-refractivity contribution is 0.373. The number of phenols is 1. The molecule has 3 rings (SSSR count). The van der Waals surface area contributed by atoms with E-state index in [9.17, 15) is 5.11 Å². The summed E-state index contributed by atoms with van der Waals surface area (Å²) in [5.74, 6) is 1.04. The van der Waals surface area contributed by atoms with Crippen molar-refractivity contribution in [3.8, 4) is 5.75 Å². The van der Waals surface area contributed by atoms with Gasteiger partial charge in [0.15, 0.2) is 0 Å². The van der Waals surface area contributed by atoms with Crippen LogP contribution in [0.3, 0.4) is 0 Å². The summed E-state index contributed by atoms with van der Waals surface area (Å²) < 4.78 is 1.15. The van der Waals surface area contributed by atoms with Gasteiger partial charge in [0.05, 0.1) is 0 Å². The van der Waals surface area contributed by atoms with Gasteiger partial charge in [0.25, 0.3) is 0 Å². The van der Waals surface area contributed by atoms with Gasteiger partial charge in [0, 0.05) is 21.8 Å². The van der Waals surface area contributed by atoms with E-state index in [1.54, 1.807) is 0 Å². The Hall–Kier alpha value is -1.48. The summed E-state index contributed by atoms with van der Waals surface area (Å²) in [6.07, 6.45) is 2.29. The molecular weight excluding hydrogens is 326 g/mol. The van der Waals surface area contributed by atoms with Crippen LogP contribution in [0.15, 0.2) is 40.9 Å². The highest BCUT2D eigenvalue weighted by atomic mass is 79.9. The Morgan fingerprint density at radius 1 is 1.14 bits per heavy atom. The summed E-state index contributed by atoms with van der Waals surface area (Å²) in [6.45, 7) is 3.90. The standard InChI is InChI=1S/C18H20BrNO/c1-11-6-7-17(12(2)18(11)21)20-16-9-14(10-16)13-4-3-5-15(19)8-13/h3-8,14,16,20-21H,9-10H2,1-2H3. The number of hydrogen-bond acceptors (Lipinski definition) is 2. The van der Waals surface area contributed by atoms with Crippen LogP contribution in [0.1, 0.15) is 35.4 Å². The molecule has 2 N–H and O–H groups in total. The summed E-state index contributed by atoms with van der Waals surface area (Å²) in [4.78, 5) is 0. The zero-order valence-corrected chi connectivity index (χ0v) is 13.9. The lowest BCUT2D eigenvalue weighted by atomic mass is 9.76. The number of phenolic OH excluding ortho intramolecular Hbond substituents is 1. The molecule has 1 saturated carbocycles. The smallest absolute Gasteiger partial charge is 0.123 e. The molecule has 2 nitrogen and oxygen atoms in total. The molecule has 0 unspecified atom stereocenters. The van der Waals surface area contributed by atoms with Crippen LogP contribution in [-0.2, 0) is 0 Å². The number of aryl methyl sites for hydroxylation is 1. The number of aromatic hydroxyl groups is 1. The van der Waals surface area contributed by atoms with Gasteiger partial charge >= 0.3 is 0 Å². The van der Waals surface area contributed by atoms with Crippen molar-refractivity contribution in [1.82, 2.24) is 0 Å². The Balaban J connectivity index is 1.64. The van der Waals surface area contributed by atoms with Gasteiger partial charge in [-0.05, 0) is 61.9 Å². The minimum absolute atomic E-state index is 0.405. The molecular formula is C18H20BrNO. The Kier molecular flexibility index (Phi) is 3.94. The molecule has 1 aliphatic rings. The third-order valence-corrected chi connectivity index (χ3v) is 4.94. The van der Waals surface area contributed by atoms with Gasteiger partial charge < -0.3 is 10.4 Å². The molecule has 3 heteroatoms. The molecule has 0 spiro atoms. The highest BCUT2D eigenvalue weighted by molar-refractivity contribution is 9.10. The lowest BCUT2D eigenvalue weighted by Crippen LogP contribution is -2.34. The summed E-state index contributed by atoms with van der Waals surface area (Å²) in [7, 11) is 0. The Morgan fingerprint density at radius 3 is 2.62 bits per heavy atom. The van der Waals surface area contributed by atoms with Crippen LogP contribution >= 0.6 is 15.9 Å². The van der Waals surface area contributed by atoms with Crippen LogP contribution in [0, 0.1) is 13.8 Å². The summed E-state index contributed by atoms with van der Waals surface area (Å²) in [6, 6.07) is 13.1. The van der Waals surface area contributed by atoms with Crippen molar-refractivity contribution < 1.29 is 5.11 Å². The van der Waals surface area contributed by atoms with Gasteiger partial charge in [0.2, 0.25) is 0 Å². The van der Waals surface area contributed by atoms with Crippen molar-refractivity contribution in [2.45, 2.75) is 38.6 Å². The van der Waals surface area contributed by atoms with E-state index in [1.165, 1.54) is 5.56 Å². The van der Waals surface area contributed by atoms with Crippen molar-refractivity contribution in [1.29, 1.82) is 0 Å². The number of rotatable bonds is 3. The van der Waals surface area contributed by atoms with Crippen molar-refractivity contribution in [3.63, 3.8) is 0 Å². The van der Waals surface area contributed by atoms with Crippen LogP contribution < -0.4 is 5.32 Å². The first-order valence-electron chi connectivity index (χ1n) is 7.35. The van der Waals surface area contributed by atoms with E-state index in [4.69, 9.17) is 0 Å². The number of nitrogens with one attached hydrogen (secondary N) is 1. The molecule has 0 aliphatic heterocycles. The van der Waals surface area contributed by atoms with E-state index in [0.717, 1.165) is 34.1 Å². The molecule has 0 aromatic heterocycles. The van der Waals surface area contributed by atoms with Crippen LogP contribution in [0.5, 0.6) is 5.75 Å². The monoisotopic (exact) mass is 345 g/mol. The average molecular weight is 346 g/mol. The van der Waals surface area contributed by atoms with Gasteiger partial charge in [-0.25, -0.2) is 0 Å². The quantitative estimate of drug-likeness (QED) is 0.808.